The summed E-state index contributed by atoms with van der Waals surface area (Å²) in [5.74, 6) is 1.27. The van der Waals surface area contributed by atoms with Crippen molar-refractivity contribution in [2.75, 3.05) is 6.54 Å². The molecule has 0 aromatic heterocycles. The molecular formula is C10H23N3. The molecule has 1 atom stereocenters. The SMILES string of the molecule is CCC(C)NC(N)=NCCC(C)C. The summed E-state index contributed by atoms with van der Waals surface area (Å²) in [6.45, 7) is 9.43. The Morgan fingerprint density at radius 1 is 1.38 bits per heavy atom. The van der Waals surface area contributed by atoms with Crippen LogP contribution in [0.25, 0.3) is 0 Å². The monoisotopic (exact) mass is 185 g/mol. The number of hydrogen-bond donors (Lipinski definition) is 2. The van der Waals surface area contributed by atoms with E-state index >= 15 is 0 Å². The van der Waals surface area contributed by atoms with E-state index in [0.717, 1.165) is 19.4 Å². The van der Waals surface area contributed by atoms with Crippen molar-refractivity contribution in [2.45, 2.75) is 46.6 Å². The molecule has 0 bridgehead atoms. The van der Waals surface area contributed by atoms with E-state index in [2.05, 4.69) is 38.0 Å². The minimum atomic E-state index is 0.419. The van der Waals surface area contributed by atoms with Gasteiger partial charge in [-0.1, -0.05) is 20.8 Å². The van der Waals surface area contributed by atoms with Crippen molar-refractivity contribution in [3.05, 3.63) is 0 Å². The molecule has 0 heterocycles. The first kappa shape index (κ1) is 12.3. The molecule has 0 aromatic carbocycles. The molecule has 1 unspecified atom stereocenters. The number of rotatable bonds is 5. The lowest BCUT2D eigenvalue weighted by Gasteiger charge is -2.11. The van der Waals surface area contributed by atoms with Crippen LogP contribution < -0.4 is 11.1 Å². The molecule has 78 valence electrons. The smallest absolute Gasteiger partial charge is 0.188 e. The van der Waals surface area contributed by atoms with Crippen LogP contribution >= 0.6 is 0 Å². The van der Waals surface area contributed by atoms with Crippen LogP contribution in [0.15, 0.2) is 4.99 Å². The maximum absolute atomic E-state index is 5.68. The summed E-state index contributed by atoms with van der Waals surface area (Å²) in [5, 5.41) is 3.13. The minimum Gasteiger partial charge on any atom is -0.370 e. The minimum absolute atomic E-state index is 0.419. The second-order valence-electron chi connectivity index (χ2n) is 3.90. The van der Waals surface area contributed by atoms with Gasteiger partial charge in [-0.25, -0.2) is 0 Å². The van der Waals surface area contributed by atoms with E-state index in [1.807, 2.05) is 0 Å². The number of nitrogens with zero attached hydrogens (tertiary/aromatic N) is 1. The largest absolute Gasteiger partial charge is 0.370 e. The third kappa shape index (κ3) is 7.62. The summed E-state index contributed by atoms with van der Waals surface area (Å²) in [4.78, 5) is 4.24. The van der Waals surface area contributed by atoms with Gasteiger partial charge in [-0.3, -0.25) is 4.99 Å². The van der Waals surface area contributed by atoms with E-state index < -0.39 is 0 Å². The van der Waals surface area contributed by atoms with Gasteiger partial charge in [0.25, 0.3) is 0 Å². The predicted molar refractivity (Wildman–Crippen MR) is 58.8 cm³/mol. The van der Waals surface area contributed by atoms with Crippen molar-refractivity contribution in [1.29, 1.82) is 0 Å². The molecule has 0 saturated heterocycles. The average Bonchev–Trinajstić information content (AvgIpc) is 2.03. The number of nitrogens with one attached hydrogen (secondary N) is 1. The van der Waals surface area contributed by atoms with Gasteiger partial charge in [0.05, 0.1) is 0 Å². The molecule has 0 amide bonds. The van der Waals surface area contributed by atoms with E-state index in [9.17, 15) is 0 Å². The highest BCUT2D eigenvalue weighted by Crippen LogP contribution is 1.98. The molecule has 0 rings (SSSR count). The van der Waals surface area contributed by atoms with E-state index in [1.165, 1.54) is 0 Å². The summed E-state index contributed by atoms with van der Waals surface area (Å²) in [6, 6.07) is 0.419. The van der Waals surface area contributed by atoms with Crippen LogP contribution in [0, 0.1) is 5.92 Å². The van der Waals surface area contributed by atoms with Crippen molar-refractivity contribution >= 4 is 5.96 Å². The summed E-state index contributed by atoms with van der Waals surface area (Å²) in [5.41, 5.74) is 5.68. The van der Waals surface area contributed by atoms with E-state index in [0.29, 0.717) is 17.9 Å². The maximum Gasteiger partial charge on any atom is 0.188 e. The summed E-state index contributed by atoms with van der Waals surface area (Å²) < 4.78 is 0. The zero-order chi connectivity index (χ0) is 10.3. The first-order valence-electron chi connectivity index (χ1n) is 5.12. The first-order valence-corrected chi connectivity index (χ1v) is 5.12. The van der Waals surface area contributed by atoms with Gasteiger partial charge in [0, 0.05) is 12.6 Å². The summed E-state index contributed by atoms with van der Waals surface area (Å²) in [7, 11) is 0. The van der Waals surface area contributed by atoms with Crippen LogP contribution in [0.3, 0.4) is 0 Å². The highest BCUT2D eigenvalue weighted by Gasteiger charge is 1.98. The molecule has 0 saturated carbocycles. The van der Waals surface area contributed by atoms with Gasteiger partial charge in [-0.2, -0.15) is 0 Å². The van der Waals surface area contributed by atoms with Gasteiger partial charge in [-0.15, -0.1) is 0 Å². The molecule has 3 heteroatoms. The lowest BCUT2D eigenvalue weighted by atomic mass is 10.1. The topological polar surface area (TPSA) is 50.4 Å². The number of nitrogens with two attached hydrogens (primary N) is 1. The van der Waals surface area contributed by atoms with Crippen molar-refractivity contribution in [1.82, 2.24) is 5.32 Å². The fourth-order valence-electron chi connectivity index (χ4n) is 0.843. The zero-order valence-electron chi connectivity index (χ0n) is 9.30. The molecule has 0 aliphatic rings. The Bertz CT molecular complexity index is 152. The fourth-order valence-corrected chi connectivity index (χ4v) is 0.843. The molecule has 13 heavy (non-hydrogen) atoms. The number of aliphatic imine (C=N–C) groups is 1. The van der Waals surface area contributed by atoms with Crippen LogP contribution in [0.4, 0.5) is 0 Å². The molecule has 0 spiro atoms. The Morgan fingerprint density at radius 3 is 2.46 bits per heavy atom. The summed E-state index contributed by atoms with van der Waals surface area (Å²) in [6.07, 6.45) is 2.17. The van der Waals surface area contributed by atoms with Crippen LogP contribution in [0.5, 0.6) is 0 Å². The molecule has 3 N–H and O–H groups in total. The normalized spacial score (nSPS) is 14.7. The lowest BCUT2D eigenvalue weighted by Crippen LogP contribution is -2.38. The number of hydrogen-bond acceptors (Lipinski definition) is 1. The quantitative estimate of drug-likeness (QED) is 0.506. The zero-order valence-corrected chi connectivity index (χ0v) is 9.30. The van der Waals surface area contributed by atoms with E-state index in [-0.39, 0.29) is 0 Å². The van der Waals surface area contributed by atoms with Crippen molar-refractivity contribution in [3.63, 3.8) is 0 Å². The van der Waals surface area contributed by atoms with Gasteiger partial charge < -0.3 is 11.1 Å². The highest BCUT2D eigenvalue weighted by molar-refractivity contribution is 5.78. The fraction of sp³-hybridized carbons (Fsp3) is 0.900. The van der Waals surface area contributed by atoms with Crippen LogP contribution in [0.1, 0.15) is 40.5 Å². The number of guanidine groups is 1. The maximum atomic E-state index is 5.68. The molecular weight excluding hydrogens is 162 g/mol. The second-order valence-corrected chi connectivity index (χ2v) is 3.90. The van der Waals surface area contributed by atoms with Crippen LogP contribution in [-0.4, -0.2) is 18.5 Å². The van der Waals surface area contributed by atoms with Gasteiger partial charge >= 0.3 is 0 Å². The van der Waals surface area contributed by atoms with Gasteiger partial charge in [0.15, 0.2) is 5.96 Å². The van der Waals surface area contributed by atoms with E-state index in [4.69, 9.17) is 5.73 Å². The Kier molecular flexibility index (Phi) is 6.37. The molecule has 0 radical (unpaired) electrons. The predicted octanol–water partition coefficient (Wildman–Crippen LogP) is 1.74. The third-order valence-electron chi connectivity index (χ3n) is 2.00. The van der Waals surface area contributed by atoms with Crippen molar-refractivity contribution in [3.8, 4) is 0 Å². The highest BCUT2D eigenvalue weighted by atomic mass is 15.1. The second kappa shape index (κ2) is 6.75. The first-order chi connectivity index (χ1) is 6.06. The Balaban J connectivity index is 3.62. The standard InChI is InChI=1S/C10H23N3/c1-5-9(4)13-10(11)12-7-6-8(2)3/h8-9H,5-7H2,1-4H3,(H3,11,12,13). The van der Waals surface area contributed by atoms with Gasteiger partial charge in [0.2, 0.25) is 0 Å². The van der Waals surface area contributed by atoms with Crippen molar-refractivity contribution < 1.29 is 0 Å². The van der Waals surface area contributed by atoms with E-state index in [1.54, 1.807) is 0 Å². The molecule has 0 aliphatic heterocycles. The summed E-state index contributed by atoms with van der Waals surface area (Å²) >= 11 is 0. The molecule has 0 fully saturated rings. The van der Waals surface area contributed by atoms with Crippen molar-refractivity contribution in [2.24, 2.45) is 16.6 Å². The average molecular weight is 185 g/mol. The molecule has 3 nitrogen and oxygen atoms in total. The van der Waals surface area contributed by atoms with Crippen LogP contribution in [0.2, 0.25) is 0 Å². The van der Waals surface area contributed by atoms with Crippen LogP contribution in [-0.2, 0) is 0 Å². The lowest BCUT2D eigenvalue weighted by molar-refractivity contribution is 0.591. The molecule has 0 aromatic rings. The van der Waals surface area contributed by atoms with Gasteiger partial charge in [-0.05, 0) is 25.7 Å². The molecule has 0 aliphatic carbocycles. The van der Waals surface area contributed by atoms with Gasteiger partial charge in [0.1, 0.15) is 0 Å². The third-order valence-corrected chi connectivity index (χ3v) is 2.00. The Labute approximate surface area is 81.8 Å². The Hall–Kier alpha value is -0.730. The Morgan fingerprint density at radius 2 is 2.00 bits per heavy atom.